The van der Waals surface area contributed by atoms with Gasteiger partial charge in [0.05, 0.1) is 20.5 Å². The Hall–Kier alpha value is -2.50. The van der Waals surface area contributed by atoms with Gasteiger partial charge in [0.15, 0.2) is 11.5 Å². The van der Waals surface area contributed by atoms with Gasteiger partial charge in [-0.15, -0.1) is 0 Å². The third kappa shape index (κ3) is 3.34. The minimum Gasteiger partial charge on any atom is -0.493 e. The average molecular weight is 289 g/mol. The number of methoxy groups -OCH3 is 2. The van der Waals surface area contributed by atoms with E-state index < -0.39 is 0 Å². The Labute approximate surface area is 123 Å². The monoisotopic (exact) mass is 289 g/mol. The van der Waals surface area contributed by atoms with Crippen LogP contribution in [0.5, 0.6) is 11.5 Å². The molecule has 0 aliphatic carbocycles. The lowest BCUT2D eigenvalue weighted by atomic mass is 10.2. The molecule has 6 nitrogen and oxygen atoms in total. The summed E-state index contributed by atoms with van der Waals surface area (Å²) in [6, 6.07) is 7.25. The van der Waals surface area contributed by atoms with Crippen molar-refractivity contribution in [2.45, 2.75) is 6.54 Å². The van der Waals surface area contributed by atoms with Gasteiger partial charge in [-0.1, -0.05) is 6.07 Å². The van der Waals surface area contributed by atoms with Crippen molar-refractivity contribution in [1.82, 2.24) is 9.55 Å². The van der Waals surface area contributed by atoms with Crippen LogP contribution in [0.15, 0.2) is 35.4 Å². The molecule has 1 heterocycles. The van der Waals surface area contributed by atoms with Gasteiger partial charge in [0.2, 0.25) is 0 Å². The van der Waals surface area contributed by atoms with E-state index in [-0.39, 0.29) is 5.56 Å². The van der Waals surface area contributed by atoms with Gasteiger partial charge in [-0.3, -0.25) is 4.79 Å². The fourth-order valence-corrected chi connectivity index (χ4v) is 1.99. The SMILES string of the molecule is COc1ccc(CN(C)c2cc(=O)n(C)cn2)cc1OC. The van der Waals surface area contributed by atoms with Gasteiger partial charge < -0.3 is 18.9 Å². The normalized spacial score (nSPS) is 10.3. The highest BCUT2D eigenvalue weighted by Crippen LogP contribution is 2.28. The Morgan fingerprint density at radius 3 is 2.52 bits per heavy atom. The molecule has 2 rings (SSSR count). The largest absolute Gasteiger partial charge is 0.493 e. The van der Waals surface area contributed by atoms with E-state index in [1.165, 1.54) is 17.0 Å². The Morgan fingerprint density at radius 2 is 1.90 bits per heavy atom. The summed E-state index contributed by atoms with van der Waals surface area (Å²) in [5.74, 6) is 2.00. The highest BCUT2D eigenvalue weighted by atomic mass is 16.5. The van der Waals surface area contributed by atoms with E-state index in [9.17, 15) is 4.79 Å². The lowest BCUT2D eigenvalue weighted by molar-refractivity contribution is 0.354. The summed E-state index contributed by atoms with van der Waals surface area (Å²) in [7, 11) is 6.77. The quantitative estimate of drug-likeness (QED) is 0.833. The molecule has 0 saturated carbocycles. The van der Waals surface area contributed by atoms with Crippen molar-refractivity contribution in [2.24, 2.45) is 7.05 Å². The first-order valence-corrected chi connectivity index (χ1v) is 6.50. The molecule has 0 spiro atoms. The van der Waals surface area contributed by atoms with Gasteiger partial charge >= 0.3 is 0 Å². The molecule has 6 heteroatoms. The molecule has 0 atom stereocenters. The highest BCUT2D eigenvalue weighted by Gasteiger charge is 2.08. The molecule has 21 heavy (non-hydrogen) atoms. The van der Waals surface area contributed by atoms with Crippen LogP contribution in [0.4, 0.5) is 5.82 Å². The number of aromatic nitrogens is 2. The summed E-state index contributed by atoms with van der Waals surface area (Å²) in [6.45, 7) is 0.612. The van der Waals surface area contributed by atoms with Crippen LogP contribution in [0.1, 0.15) is 5.56 Å². The van der Waals surface area contributed by atoms with E-state index in [1.54, 1.807) is 21.3 Å². The molecule has 2 aromatic rings. The second-order valence-electron chi connectivity index (χ2n) is 4.74. The lowest BCUT2D eigenvalue weighted by Crippen LogP contribution is -2.23. The Bertz CT molecular complexity index is 682. The molecule has 112 valence electrons. The first-order valence-electron chi connectivity index (χ1n) is 6.50. The number of hydrogen-bond acceptors (Lipinski definition) is 5. The summed E-state index contributed by atoms with van der Waals surface area (Å²) >= 11 is 0. The van der Waals surface area contributed by atoms with Crippen LogP contribution in [0, 0.1) is 0 Å². The van der Waals surface area contributed by atoms with Crippen LogP contribution < -0.4 is 19.9 Å². The van der Waals surface area contributed by atoms with E-state index in [2.05, 4.69) is 4.98 Å². The topological polar surface area (TPSA) is 56.6 Å². The zero-order valence-electron chi connectivity index (χ0n) is 12.7. The number of hydrogen-bond donors (Lipinski definition) is 0. The van der Waals surface area contributed by atoms with Gasteiger partial charge in [0.25, 0.3) is 5.56 Å². The van der Waals surface area contributed by atoms with Crippen molar-refractivity contribution in [3.63, 3.8) is 0 Å². The second-order valence-corrected chi connectivity index (χ2v) is 4.74. The third-order valence-electron chi connectivity index (χ3n) is 3.22. The maximum Gasteiger partial charge on any atom is 0.255 e. The van der Waals surface area contributed by atoms with E-state index in [4.69, 9.17) is 9.47 Å². The summed E-state index contributed by atoms with van der Waals surface area (Å²) in [5, 5.41) is 0. The number of nitrogens with zero attached hydrogens (tertiary/aromatic N) is 3. The second kappa shape index (κ2) is 6.30. The van der Waals surface area contributed by atoms with Crippen molar-refractivity contribution in [1.29, 1.82) is 0 Å². The minimum atomic E-state index is -0.0841. The van der Waals surface area contributed by atoms with Crippen LogP contribution in [-0.4, -0.2) is 30.8 Å². The Kier molecular flexibility index (Phi) is 4.47. The van der Waals surface area contributed by atoms with Gasteiger partial charge in [0, 0.05) is 26.7 Å². The van der Waals surface area contributed by atoms with E-state index in [1.807, 2.05) is 30.1 Å². The molecule has 0 amide bonds. The Morgan fingerprint density at radius 1 is 1.19 bits per heavy atom. The highest BCUT2D eigenvalue weighted by molar-refractivity contribution is 5.45. The predicted octanol–water partition coefficient (Wildman–Crippen LogP) is 1.43. The number of anilines is 1. The Balaban J connectivity index is 2.20. The molecule has 0 N–H and O–H groups in total. The van der Waals surface area contributed by atoms with Crippen LogP contribution in [0.25, 0.3) is 0 Å². The standard InChI is InChI=1S/C15H19N3O3/c1-17(14-8-15(19)18(2)10-16-14)9-11-5-6-12(20-3)13(7-11)21-4/h5-8,10H,9H2,1-4H3. The number of rotatable bonds is 5. The first kappa shape index (κ1) is 14.9. The predicted molar refractivity (Wildman–Crippen MR) is 81.1 cm³/mol. The minimum absolute atomic E-state index is 0.0841. The van der Waals surface area contributed by atoms with Crippen LogP contribution in [0.2, 0.25) is 0 Å². The summed E-state index contributed by atoms with van der Waals surface area (Å²) < 4.78 is 11.9. The van der Waals surface area contributed by atoms with Crippen LogP contribution in [0.3, 0.4) is 0 Å². The van der Waals surface area contributed by atoms with Gasteiger partial charge in [0.1, 0.15) is 5.82 Å². The van der Waals surface area contributed by atoms with E-state index in [0.717, 1.165) is 5.56 Å². The smallest absolute Gasteiger partial charge is 0.255 e. The van der Waals surface area contributed by atoms with Crippen molar-refractivity contribution in [3.05, 3.63) is 46.5 Å². The maximum atomic E-state index is 11.6. The van der Waals surface area contributed by atoms with E-state index >= 15 is 0 Å². The molecule has 0 fully saturated rings. The third-order valence-corrected chi connectivity index (χ3v) is 3.22. The summed E-state index contributed by atoms with van der Waals surface area (Å²) in [4.78, 5) is 17.8. The molecule has 0 saturated heterocycles. The maximum absolute atomic E-state index is 11.6. The molecular formula is C15H19N3O3. The average Bonchev–Trinajstić information content (AvgIpc) is 2.49. The van der Waals surface area contributed by atoms with E-state index in [0.29, 0.717) is 23.9 Å². The molecule has 0 aliphatic heterocycles. The zero-order chi connectivity index (χ0) is 15.4. The van der Waals surface area contributed by atoms with Gasteiger partial charge in [-0.25, -0.2) is 4.98 Å². The summed E-state index contributed by atoms with van der Waals surface area (Å²) in [5.41, 5.74) is 0.955. The van der Waals surface area contributed by atoms with Crippen molar-refractivity contribution >= 4 is 5.82 Å². The first-order chi connectivity index (χ1) is 10.0. The number of aryl methyl sites for hydroxylation is 1. The molecule has 0 aliphatic rings. The number of ether oxygens (including phenoxy) is 2. The van der Waals surface area contributed by atoms with Gasteiger partial charge in [-0.05, 0) is 17.7 Å². The van der Waals surface area contributed by atoms with Crippen molar-refractivity contribution in [3.8, 4) is 11.5 Å². The summed E-state index contributed by atoms with van der Waals surface area (Å²) in [6.07, 6.45) is 1.52. The molecule has 0 unspecified atom stereocenters. The molecule has 1 aromatic carbocycles. The number of benzene rings is 1. The van der Waals surface area contributed by atoms with Crippen molar-refractivity contribution < 1.29 is 9.47 Å². The molecule has 0 radical (unpaired) electrons. The molecule has 1 aromatic heterocycles. The van der Waals surface area contributed by atoms with Crippen molar-refractivity contribution in [2.75, 3.05) is 26.2 Å². The lowest BCUT2D eigenvalue weighted by Gasteiger charge is -2.19. The van der Waals surface area contributed by atoms with Crippen LogP contribution in [-0.2, 0) is 13.6 Å². The van der Waals surface area contributed by atoms with Gasteiger partial charge in [-0.2, -0.15) is 0 Å². The zero-order valence-corrected chi connectivity index (χ0v) is 12.7. The fraction of sp³-hybridized carbons (Fsp3) is 0.333. The fourth-order valence-electron chi connectivity index (χ4n) is 1.99. The molecular weight excluding hydrogens is 270 g/mol. The van der Waals surface area contributed by atoms with Crippen LogP contribution >= 0.6 is 0 Å². The molecule has 0 bridgehead atoms.